The Labute approximate surface area is 178 Å². The van der Waals surface area contributed by atoms with E-state index in [1.54, 1.807) is 4.57 Å². The molecule has 2 aromatic heterocycles. The summed E-state index contributed by atoms with van der Waals surface area (Å²) in [6, 6.07) is 0. The van der Waals surface area contributed by atoms with Crippen LogP contribution in [0.15, 0.2) is 11.1 Å². The quantitative estimate of drug-likeness (QED) is 0.347. The second-order valence-electron chi connectivity index (χ2n) is 5.77. The van der Waals surface area contributed by atoms with Crippen molar-refractivity contribution in [1.29, 1.82) is 0 Å². The summed E-state index contributed by atoms with van der Waals surface area (Å²) in [5.74, 6) is 1.94. The fourth-order valence-electron chi connectivity index (χ4n) is 2.55. The Bertz CT molecular complexity index is 916. The van der Waals surface area contributed by atoms with E-state index in [1.807, 2.05) is 0 Å². The summed E-state index contributed by atoms with van der Waals surface area (Å²) < 4.78 is 41.8. The Morgan fingerprint density at radius 2 is 2.38 bits per heavy atom. The van der Waals surface area contributed by atoms with E-state index >= 15 is 0 Å². The Balaban J connectivity index is 1.69. The number of hydrogen-bond donors (Lipinski definition) is 3. The normalized spacial score (nSPS) is 21.2. The van der Waals surface area contributed by atoms with Gasteiger partial charge < -0.3 is 28.1 Å². The van der Waals surface area contributed by atoms with E-state index in [0.29, 0.717) is 18.0 Å². The van der Waals surface area contributed by atoms with Crippen LogP contribution >= 0.6 is 39.0 Å². The molecular formula is C14H20FN4O6P2S2+. The highest BCUT2D eigenvalue weighted by Gasteiger charge is 2.31. The maximum Gasteiger partial charge on any atom is 0.351 e. The molecule has 3 heterocycles. The number of aromatic amines is 1. The second-order valence-corrected chi connectivity index (χ2v) is 9.95. The van der Waals surface area contributed by atoms with E-state index < -0.39 is 26.8 Å². The largest absolute Gasteiger partial charge is 0.375 e. The number of fused-ring (bicyclic) bond motifs is 1. The first kappa shape index (κ1) is 23.1. The molecule has 0 radical (unpaired) electrons. The van der Waals surface area contributed by atoms with Gasteiger partial charge in [0, 0.05) is 7.11 Å². The molecule has 0 spiro atoms. The maximum absolute atomic E-state index is 13.6. The molecule has 3 rings (SSSR count). The standard InChI is InChI=1S/C14H19FN4O6P2S2/c1-21-8-26(28)23-3-2-19-11(18-12-13(19)16-7-17-14(12)20)6-24-27(29)25-10-5-22-4-9(10)15/h7-10,29H,2-6H2,1H3,(H-,16,17,20,28)/p+1. The Morgan fingerprint density at radius 3 is 3.10 bits per heavy atom. The van der Waals surface area contributed by atoms with Crippen molar-refractivity contribution in [3.05, 3.63) is 22.5 Å². The lowest BCUT2D eigenvalue weighted by Crippen LogP contribution is -2.21. The van der Waals surface area contributed by atoms with Crippen LogP contribution in [0.3, 0.4) is 0 Å². The van der Waals surface area contributed by atoms with Crippen LogP contribution in [0.4, 0.5) is 4.39 Å². The minimum absolute atomic E-state index is 0.0000424. The number of alkyl halides is 1. The predicted molar refractivity (Wildman–Crippen MR) is 114 cm³/mol. The van der Waals surface area contributed by atoms with Crippen molar-refractivity contribution < 1.29 is 27.4 Å². The second kappa shape index (κ2) is 11.1. The third-order valence-electron chi connectivity index (χ3n) is 3.84. The Morgan fingerprint density at radius 1 is 1.55 bits per heavy atom. The minimum atomic E-state index is -1.67. The number of thiol groups is 2. The van der Waals surface area contributed by atoms with Gasteiger partial charge in [0.15, 0.2) is 17.3 Å². The molecule has 1 aliphatic heterocycles. The van der Waals surface area contributed by atoms with Crippen molar-refractivity contribution in [2.24, 2.45) is 0 Å². The molecule has 1 fully saturated rings. The molecule has 1 N–H and O–H groups in total. The Hall–Kier alpha value is -0.620. The van der Waals surface area contributed by atoms with Crippen molar-refractivity contribution >= 4 is 56.2 Å². The topological polar surface area (TPSA) is 110 Å². The number of aromatic nitrogens is 4. The molecule has 160 valence electrons. The molecule has 1 aliphatic rings. The average Bonchev–Trinajstić information content (AvgIpc) is 3.25. The van der Waals surface area contributed by atoms with Crippen LogP contribution in [0.25, 0.3) is 11.2 Å². The van der Waals surface area contributed by atoms with Gasteiger partial charge >= 0.3 is 6.97 Å². The van der Waals surface area contributed by atoms with Crippen molar-refractivity contribution in [2.45, 2.75) is 25.4 Å². The fourth-order valence-corrected chi connectivity index (χ4v) is 4.83. The van der Waals surface area contributed by atoms with Gasteiger partial charge in [0.2, 0.25) is 7.58 Å². The number of imidazole rings is 1. The summed E-state index contributed by atoms with van der Waals surface area (Å²) in [6.07, 6.45) is -0.614. The average molecular weight is 485 g/mol. The third-order valence-corrected chi connectivity index (χ3v) is 6.74. The van der Waals surface area contributed by atoms with E-state index in [0.717, 1.165) is 0 Å². The van der Waals surface area contributed by atoms with Crippen molar-refractivity contribution in [3.8, 4) is 0 Å². The molecule has 0 aromatic carbocycles. The lowest BCUT2D eigenvalue weighted by molar-refractivity contribution is 0.123. The molecule has 29 heavy (non-hydrogen) atoms. The highest BCUT2D eigenvalue weighted by atomic mass is 32.7. The Kier molecular flexibility index (Phi) is 8.85. The molecule has 0 bridgehead atoms. The van der Waals surface area contributed by atoms with E-state index in [9.17, 15) is 9.18 Å². The van der Waals surface area contributed by atoms with E-state index in [2.05, 4.69) is 39.4 Å². The highest BCUT2D eigenvalue weighted by molar-refractivity contribution is 8.42. The van der Waals surface area contributed by atoms with Gasteiger partial charge in [-0.1, -0.05) is 12.2 Å². The van der Waals surface area contributed by atoms with Crippen molar-refractivity contribution in [3.63, 3.8) is 0 Å². The first-order chi connectivity index (χ1) is 14.0. The van der Waals surface area contributed by atoms with Crippen LogP contribution in [0.2, 0.25) is 0 Å². The summed E-state index contributed by atoms with van der Waals surface area (Å²) >= 11 is 8.51. The predicted octanol–water partition coefficient (Wildman–Crippen LogP) is 2.21. The maximum atomic E-state index is 13.6. The van der Waals surface area contributed by atoms with Gasteiger partial charge in [0.05, 0.1) is 26.1 Å². The van der Waals surface area contributed by atoms with Gasteiger partial charge in [0.1, 0.15) is 37.4 Å². The number of methoxy groups -OCH3 is 1. The summed E-state index contributed by atoms with van der Waals surface area (Å²) in [4.78, 5) is 23.0. The molecule has 4 unspecified atom stereocenters. The number of rotatable bonds is 10. The van der Waals surface area contributed by atoms with Gasteiger partial charge in [-0.3, -0.25) is 4.79 Å². The number of hydrogen-bond acceptors (Lipinski definition) is 10. The lowest BCUT2D eigenvalue weighted by atomic mass is 10.3. The lowest BCUT2D eigenvalue weighted by Gasteiger charge is -2.17. The van der Waals surface area contributed by atoms with Crippen LogP contribution < -0.4 is 5.56 Å². The van der Waals surface area contributed by atoms with E-state index in [4.69, 9.17) is 23.0 Å². The van der Waals surface area contributed by atoms with Gasteiger partial charge in [-0.15, -0.1) is 0 Å². The number of ether oxygens (including phenoxy) is 2. The molecule has 0 aliphatic carbocycles. The van der Waals surface area contributed by atoms with Gasteiger partial charge in [0.25, 0.3) is 11.5 Å². The molecule has 0 amide bonds. The van der Waals surface area contributed by atoms with Gasteiger partial charge in [-0.05, 0) is 0 Å². The van der Waals surface area contributed by atoms with Crippen molar-refractivity contribution in [2.75, 3.05) is 26.9 Å². The zero-order valence-electron chi connectivity index (χ0n) is 15.3. The molecule has 2 aromatic rings. The third kappa shape index (κ3) is 6.19. The number of halogens is 1. The SMILES string of the molecule is COC=[P+](S)OCCn1c(COP(S)OC2COCC2F)nc2c(=O)[nH]cnc21. The van der Waals surface area contributed by atoms with E-state index in [-0.39, 0.29) is 37.5 Å². The van der Waals surface area contributed by atoms with Gasteiger partial charge in [-0.2, -0.15) is 4.52 Å². The van der Waals surface area contributed by atoms with Crippen LogP contribution in [-0.2, 0) is 36.2 Å². The molecule has 1 saturated heterocycles. The number of nitrogens with one attached hydrogen (secondary N) is 1. The zero-order chi connectivity index (χ0) is 20.8. The van der Waals surface area contributed by atoms with Crippen LogP contribution in [-0.4, -0.2) is 64.7 Å². The first-order valence-electron chi connectivity index (χ1n) is 8.40. The zero-order valence-corrected chi connectivity index (χ0v) is 18.9. The summed E-state index contributed by atoms with van der Waals surface area (Å²) in [6.45, 7) is -0.335. The summed E-state index contributed by atoms with van der Waals surface area (Å²) in [5, 5.41) is 0. The number of H-pyrrole nitrogens is 1. The van der Waals surface area contributed by atoms with E-state index in [1.165, 1.54) is 19.4 Å². The van der Waals surface area contributed by atoms with Gasteiger partial charge in [-0.25, -0.2) is 14.4 Å². The molecule has 4 atom stereocenters. The molecule has 10 nitrogen and oxygen atoms in total. The molecular weight excluding hydrogens is 465 g/mol. The minimum Gasteiger partial charge on any atom is -0.375 e. The fraction of sp³-hybridized carbons (Fsp3) is 0.571. The summed E-state index contributed by atoms with van der Waals surface area (Å²) in [7, 11) is -0.148. The van der Waals surface area contributed by atoms with Crippen LogP contribution in [0.5, 0.6) is 0 Å². The highest BCUT2D eigenvalue weighted by Crippen LogP contribution is 2.46. The number of nitrogens with zero attached hydrogens (tertiary/aromatic N) is 3. The monoisotopic (exact) mass is 485 g/mol. The first-order valence-corrected chi connectivity index (χ1v) is 13.2. The smallest absolute Gasteiger partial charge is 0.351 e. The van der Waals surface area contributed by atoms with Crippen molar-refractivity contribution in [1.82, 2.24) is 19.5 Å². The molecule has 15 heteroatoms. The summed E-state index contributed by atoms with van der Waals surface area (Å²) in [5.41, 5.74) is 0.209. The van der Waals surface area contributed by atoms with Crippen LogP contribution in [0.1, 0.15) is 5.82 Å². The molecule has 0 saturated carbocycles. The van der Waals surface area contributed by atoms with Crippen LogP contribution in [0, 0.1) is 0 Å².